The monoisotopic (exact) mass is 469 g/mol. The molecule has 1 fully saturated rings. The number of anilines is 1. The van der Waals surface area contributed by atoms with E-state index in [1.807, 2.05) is 6.07 Å². The summed E-state index contributed by atoms with van der Waals surface area (Å²) in [6.45, 7) is 0.237. The van der Waals surface area contributed by atoms with Crippen LogP contribution in [-0.4, -0.2) is 48.9 Å². The summed E-state index contributed by atoms with van der Waals surface area (Å²) in [6, 6.07) is 7.54. The standard InChI is InChI=1S/C18H20BrN3O5S/c1-21-11-14(10-16(21)18(24)27-2)28(25,26)22-8-4-7-15(22)17(23)20-13-6-3-5-12(19)9-13/h3,5-6,9-11,15H,4,7-8H2,1-2H3,(H,20,23)/t15-/m1/s1. The first-order valence-electron chi connectivity index (χ1n) is 8.57. The van der Waals surface area contributed by atoms with Gasteiger partial charge in [0.15, 0.2) is 0 Å². The number of sulfonamides is 1. The van der Waals surface area contributed by atoms with Crippen molar-refractivity contribution in [1.29, 1.82) is 0 Å². The predicted molar refractivity (Wildman–Crippen MR) is 106 cm³/mol. The molecule has 0 bridgehead atoms. The van der Waals surface area contributed by atoms with Crippen molar-refractivity contribution < 1.29 is 22.7 Å². The molecular formula is C18H20BrN3O5S. The number of ether oxygens (including phenoxy) is 1. The van der Waals surface area contributed by atoms with E-state index in [9.17, 15) is 18.0 Å². The lowest BCUT2D eigenvalue weighted by Gasteiger charge is -2.23. The molecule has 3 rings (SSSR count). The molecule has 1 atom stereocenters. The number of nitrogens with zero attached hydrogens (tertiary/aromatic N) is 2. The van der Waals surface area contributed by atoms with Crippen molar-refractivity contribution in [2.24, 2.45) is 7.05 Å². The Kier molecular flexibility index (Phi) is 5.92. The number of hydrogen-bond acceptors (Lipinski definition) is 5. The van der Waals surface area contributed by atoms with Gasteiger partial charge in [0.25, 0.3) is 0 Å². The highest BCUT2D eigenvalue weighted by molar-refractivity contribution is 9.10. The van der Waals surface area contributed by atoms with E-state index in [0.717, 1.165) is 4.47 Å². The fraction of sp³-hybridized carbons (Fsp3) is 0.333. The lowest BCUT2D eigenvalue weighted by atomic mass is 10.2. The van der Waals surface area contributed by atoms with Crippen LogP contribution >= 0.6 is 15.9 Å². The van der Waals surface area contributed by atoms with Crippen LogP contribution in [0.2, 0.25) is 0 Å². The van der Waals surface area contributed by atoms with Gasteiger partial charge in [0.1, 0.15) is 16.6 Å². The molecule has 0 saturated carbocycles. The molecule has 1 amide bonds. The molecule has 2 aromatic rings. The Hall–Kier alpha value is -2.17. The van der Waals surface area contributed by atoms with E-state index in [0.29, 0.717) is 18.5 Å². The first kappa shape index (κ1) is 20.6. The third-order valence-electron chi connectivity index (χ3n) is 4.58. The highest BCUT2D eigenvalue weighted by atomic mass is 79.9. The van der Waals surface area contributed by atoms with Crippen molar-refractivity contribution in [2.45, 2.75) is 23.8 Å². The van der Waals surface area contributed by atoms with Crippen LogP contribution in [0.25, 0.3) is 0 Å². The summed E-state index contributed by atoms with van der Waals surface area (Å²) in [5, 5.41) is 2.77. The molecule has 0 radical (unpaired) electrons. The summed E-state index contributed by atoms with van der Waals surface area (Å²) in [5.41, 5.74) is 0.701. The van der Waals surface area contributed by atoms with E-state index in [4.69, 9.17) is 0 Å². The van der Waals surface area contributed by atoms with Gasteiger partial charge in [0.2, 0.25) is 15.9 Å². The van der Waals surface area contributed by atoms with Crippen molar-refractivity contribution in [3.63, 3.8) is 0 Å². The first-order chi connectivity index (χ1) is 13.2. The number of benzene rings is 1. The second-order valence-corrected chi connectivity index (χ2v) is 9.24. The summed E-state index contributed by atoms with van der Waals surface area (Å²) in [5.74, 6) is -1.02. The number of nitrogens with one attached hydrogen (secondary N) is 1. The van der Waals surface area contributed by atoms with Gasteiger partial charge in [-0.1, -0.05) is 22.0 Å². The van der Waals surface area contributed by atoms with Gasteiger partial charge >= 0.3 is 5.97 Å². The molecule has 150 valence electrons. The van der Waals surface area contributed by atoms with Crippen molar-refractivity contribution >= 4 is 43.5 Å². The van der Waals surface area contributed by atoms with Crippen LogP contribution in [0, 0.1) is 0 Å². The number of amides is 1. The topological polar surface area (TPSA) is 97.7 Å². The van der Waals surface area contributed by atoms with Crippen LogP contribution < -0.4 is 5.32 Å². The normalized spacial score (nSPS) is 17.5. The molecule has 0 spiro atoms. The zero-order chi connectivity index (χ0) is 20.5. The molecule has 1 saturated heterocycles. The van der Waals surface area contributed by atoms with Crippen molar-refractivity contribution in [3.05, 3.63) is 46.7 Å². The highest BCUT2D eigenvalue weighted by Gasteiger charge is 2.40. The molecule has 0 aliphatic carbocycles. The predicted octanol–water partition coefficient (Wildman–Crippen LogP) is 2.37. The van der Waals surface area contributed by atoms with E-state index >= 15 is 0 Å². The van der Waals surface area contributed by atoms with Gasteiger partial charge in [-0.25, -0.2) is 13.2 Å². The van der Waals surface area contributed by atoms with Crippen LogP contribution in [0.4, 0.5) is 5.69 Å². The first-order valence-corrected chi connectivity index (χ1v) is 10.8. The Bertz CT molecular complexity index is 1020. The molecular weight excluding hydrogens is 450 g/mol. The number of esters is 1. The zero-order valence-corrected chi connectivity index (χ0v) is 17.8. The van der Waals surface area contributed by atoms with E-state index < -0.39 is 22.0 Å². The third kappa shape index (κ3) is 3.98. The van der Waals surface area contributed by atoms with E-state index in [2.05, 4.69) is 26.0 Å². The molecule has 8 nitrogen and oxygen atoms in total. The fourth-order valence-electron chi connectivity index (χ4n) is 3.20. The van der Waals surface area contributed by atoms with Gasteiger partial charge in [0, 0.05) is 29.9 Å². The third-order valence-corrected chi connectivity index (χ3v) is 6.95. The molecule has 1 N–H and O–H groups in total. The molecule has 1 aliphatic rings. The minimum absolute atomic E-state index is 0.0439. The molecule has 0 unspecified atom stereocenters. The number of aromatic nitrogens is 1. The van der Waals surface area contributed by atoms with Crippen LogP contribution in [0.5, 0.6) is 0 Å². The number of carbonyl (C=O) groups excluding carboxylic acids is 2. The number of hydrogen-bond donors (Lipinski definition) is 1. The highest BCUT2D eigenvalue weighted by Crippen LogP contribution is 2.28. The summed E-state index contributed by atoms with van der Waals surface area (Å²) >= 11 is 3.34. The van der Waals surface area contributed by atoms with E-state index in [1.165, 1.54) is 28.2 Å². The fourth-order valence-corrected chi connectivity index (χ4v) is 5.33. The number of halogens is 1. The minimum atomic E-state index is -3.94. The van der Waals surface area contributed by atoms with Gasteiger partial charge < -0.3 is 14.6 Å². The maximum Gasteiger partial charge on any atom is 0.354 e. The Balaban J connectivity index is 1.85. The second-order valence-electron chi connectivity index (χ2n) is 6.44. The lowest BCUT2D eigenvalue weighted by Crippen LogP contribution is -2.43. The van der Waals surface area contributed by atoms with Crippen LogP contribution in [0.1, 0.15) is 23.3 Å². The quantitative estimate of drug-likeness (QED) is 0.677. The molecule has 10 heteroatoms. The molecule has 1 aromatic carbocycles. The lowest BCUT2D eigenvalue weighted by molar-refractivity contribution is -0.119. The summed E-state index contributed by atoms with van der Waals surface area (Å²) in [4.78, 5) is 24.5. The van der Waals surface area contributed by atoms with E-state index in [1.54, 1.807) is 25.2 Å². The average Bonchev–Trinajstić information content (AvgIpc) is 3.28. The van der Waals surface area contributed by atoms with Gasteiger partial charge in [-0.3, -0.25) is 4.79 Å². The van der Waals surface area contributed by atoms with Gasteiger partial charge in [-0.15, -0.1) is 0 Å². The smallest absolute Gasteiger partial charge is 0.354 e. The summed E-state index contributed by atoms with van der Waals surface area (Å²) < 4.78 is 34.3. The zero-order valence-electron chi connectivity index (χ0n) is 15.4. The van der Waals surface area contributed by atoms with Crippen LogP contribution in [0.15, 0.2) is 45.9 Å². The van der Waals surface area contributed by atoms with Crippen LogP contribution in [-0.2, 0) is 26.6 Å². The number of aryl methyl sites for hydroxylation is 1. The van der Waals surface area contributed by atoms with Gasteiger partial charge in [-0.2, -0.15) is 4.31 Å². The molecule has 1 aliphatic heterocycles. The second kappa shape index (κ2) is 8.06. The molecule has 2 heterocycles. The molecule has 1 aromatic heterocycles. The van der Waals surface area contributed by atoms with Crippen molar-refractivity contribution in [3.8, 4) is 0 Å². The van der Waals surface area contributed by atoms with Crippen molar-refractivity contribution in [2.75, 3.05) is 19.0 Å². The van der Waals surface area contributed by atoms with Crippen LogP contribution in [0.3, 0.4) is 0 Å². The average molecular weight is 470 g/mol. The Morgan fingerprint density at radius 3 is 2.71 bits per heavy atom. The number of methoxy groups -OCH3 is 1. The Morgan fingerprint density at radius 2 is 2.04 bits per heavy atom. The number of rotatable bonds is 5. The summed E-state index contributed by atoms with van der Waals surface area (Å²) in [7, 11) is -1.15. The molecule has 28 heavy (non-hydrogen) atoms. The maximum absolute atomic E-state index is 13.1. The largest absolute Gasteiger partial charge is 0.464 e. The Labute approximate surface area is 171 Å². The Morgan fingerprint density at radius 1 is 1.29 bits per heavy atom. The maximum atomic E-state index is 13.1. The van der Waals surface area contributed by atoms with Gasteiger partial charge in [-0.05, 0) is 37.1 Å². The minimum Gasteiger partial charge on any atom is -0.464 e. The summed E-state index contributed by atoms with van der Waals surface area (Å²) in [6.07, 6.45) is 2.35. The van der Waals surface area contributed by atoms with Gasteiger partial charge in [0.05, 0.1) is 7.11 Å². The van der Waals surface area contributed by atoms with Crippen molar-refractivity contribution in [1.82, 2.24) is 8.87 Å². The SMILES string of the molecule is COC(=O)c1cc(S(=O)(=O)N2CCC[C@@H]2C(=O)Nc2cccc(Br)c2)cn1C. The van der Waals surface area contributed by atoms with E-state index in [-0.39, 0.29) is 23.0 Å². The number of carbonyl (C=O) groups is 2.